The Morgan fingerprint density at radius 3 is 3.20 bits per heavy atom. The minimum atomic E-state index is 0.453. The lowest BCUT2D eigenvalue weighted by Gasteiger charge is -2.12. The van der Waals surface area contributed by atoms with Gasteiger partial charge in [0.05, 0.1) is 9.50 Å². The molecule has 2 rings (SSSR count). The molecular formula is C10H12BrClN2O. The Hall–Kier alpha value is -0.320. The molecule has 0 aromatic carbocycles. The first-order valence-electron chi connectivity index (χ1n) is 4.93. The summed E-state index contributed by atoms with van der Waals surface area (Å²) in [7, 11) is 0. The molecule has 1 aliphatic rings. The zero-order valence-electron chi connectivity index (χ0n) is 8.17. The van der Waals surface area contributed by atoms with Crippen LogP contribution in [0.2, 0.25) is 5.02 Å². The molecule has 1 saturated heterocycles. The predicted molar refractivity (Wildman–Crippen MR) is 63.5 cm³/mol. The van der Waals surface area contributed by atoms with E-state index in [1.54, 1.807) is 12.3 Å². The topological polar surface area (TPSA) is 34.1 Å². The Morgan fingerprint density at radius 1 is 1.67 bits per heavy atom. The molecule has 5 heteroatoms. The van der Waals surface area contributed by atoms with E-state index in [2.05, 4.69) is 26.2 Å². The summed E-state index contributed by atoms with van der Waals surface area (Å²) in [5.41, 5.74) is 0. The molecule has 1 unspecified atom stereocenters. The van der Waals surface area contributed by atoms with Crippen LogP contribution in [-0.2, 0) is 0 Å². The molecule has 1 fully saturated rings. The van der Waals surface area contributed by atoms with Gasteiger partial charge in [-0.2, -0.15) is 0 Å². The fourth-order valence-corrected chi connectivity index (χ4v) is 2.34. The summed E-state index contributed by atoms with van der Waals surface area (Å²) in [5.74, 6) is 0.605. The molecule has 3 nitrogen and oxygen atoms in total. The highest BCUT2D eigenvalue weighted by Crippen LogP contribution is 2.25. The molecule has 0 amide bonds. The molecule has 0 saturated carbocycles. The Labute approximate surface area is 102 Å². The normalized spacial score (nSPS) is 20.5. The number of hydrogen-bond acceptors (Lipinski definition) is 3. The van der Waals surface area contributed by atoms with Crippen molar-refractivity contribution in [3.63, 3.8) is 0 Å². The van der Waals surface area contributed by atoms with Crippen molar-refractivity contribution in [2.75, 3.05) is 13.2 Å². The van der Waals surface area contributed by atoms with Gasteiger partial charge in [-0.3, -0.25) is 0 Å². The predicted octanol–water partition coefficient (Wildman–Crippen LogP) is 2.63. The van der Waals surface area contributed by atoms with Crippen LogP contribution in [0.3, 0.4) is 0 Å². The molecule has 82 valence electrons. The largest absolute Gasteiger partial charge is 0.475 e. The second kappa shape index (κ2) is 5.14. The number of rotatable bonds is 3. The molecule has 1 aromatic heterocycles. The number of aromatic nitrogens is 1. The standard InChI is InChI=1S/C10H12BrClN2O/c11-9-4-7(12)5-14-10(9)15-6-8-2-1-3-13-8/h4-5,8,13H,1-3,6H2. The lowest BCUT2D eigenvalue weighted by Crippen LogP contribution is -2.28. The maximum Gasteiger partial charge on any atom is 0.228 e. The molecule has 0 spiro atoms. The molecular weight excluding hydrogens is 279 g/mol. The summed E-state index contributed by atoms with van der Waals surface area (Å²) in [5, 5.41) is 3.97. The first-order valence-corrected chi connectivity index (χ1v) is 6.10. The summed E-state index contributed by atoms with van der Waals surface area (Å²) in [6, 6.07) is 2.24. The van der Waals surface area contributed by atoms with E-state index in [-0.39, 0.29) is 0 Å². The number of nitrogens with one attached hydrogen (secondary N) is 1. The van der Waals surface area contributed by atoms with Crippen LogP contribution >= 0.6 is 27.5 Å². The van der Waals surface area contributed by atoms with Crippen molar-refractivity contribution in [3.8, 4) is 5.88 Å². The third kappa shape index (κ3) is 3.06. The lowest BCUT2D eigenvalue weighted by molar-refractivity contribution is 0.266. The zero-order valence-corrected chi connectivity index (χ0v) is 10.5. The Morgan fingerprint density at radius 2 is 2.53 bits per heavy atom. The van der Waals surface area contributed by atoms with Gasteiger partial charge in [0.15, 0.2) is 0 Å². The van der Waals surface area contributed by atoms with Gasteiger partial charge in [0.2, 0.25) is 5.88 Å². The average Bonchev–Trinajstić information content (AvgIpc) is 2.69. The maximum absolute atomic E-state index is 5.78. The third-order valence-electron chi connectivity index (χ3n) is 2.36. The van der Waals surface area contributed by atoms with E-state index in [0.29, 0.717) is 23.6 Å². The third-order valence-corrected chi connectivity index (χ3v) is 3.13. The van der Waals surface area contributed by atoms with Gasteiger partial charge in [0, 0.05) is 12.2 Å². The van der Waals surface area contributed by atoms with Gasteiger partial charge < -0.3 is 10.1 Å². The summed E-state index contributed by atoms with van der Waals surface area (Å²) >= 11 is 9.15. The molecule has 1 aromatic rings. The minimum Gasteiger partial charge on any atom is -0.475 e. The minimum absolute atomic E-state index is 0.453. The molecule has 1 atom stereocenters. The number of pyridine rings is 1. The Bertz CT molecular complexity index is 342. The monoisotopic (exact) mass is 290 g/mol. The average molecular weight is 292 g/mol. The zero-order chi connectivity index (χ0) is 10.7. The maximum atomic E-state index is 5.78. The quantitative estimate of drug-likeness (QED) is 0.929. The van der Waals surface area contributed by atoms with E-state index in [1.807, 2.05) is 0 Å². The van der Waals surface area contributed by atoms with E-state index in [9.17, 15) is 0 Å². The number of halogens is 2. The highest BCUT2D eigenvalue weighted by atomic mass is 79.9. The van der Waals surface area contributed by atoms with Gasteiger partial charge in [-0.1, -0.05) is 11.6 Å². The first kappa shape index (κ1) is 11.2. The van der Waals surface area contributed by atoms with Gasteiger partial charge >= 0.3 is 0 Å². The van der Waals surface area contributed by atoms with Gasteiger partial charge in [0.1, 0.15) is 6.61 Å². The van der Waals surface area contributed by atoms with Crippen molar-refractivity contribution in [2.45, 2.75) is 18.9 Å². The highest BCUT2D eigenvalue weighted by Gasteiger charge is 2.15. The summed E-state index contributed by atoms with van der Waals surface area (Å²) < 4.78 is 6.40. The van der Waals surface area contributed by atoms with Crippen molar-refractivity contribution in [3.05, 3.63) is 21.8 Å². The molecule has 2 heterocycles. The number of nitrogens with zero attached hydrogens (tertiary/aromatic N) is 1. The van der Waals surface area contributed by atoms with Gasteiger partial charge in [-0.25, -0.2) is 4.98 Å². The van der Waals surface area contributed by atoms with E-state index in [4.69, 9.17) is 16.3 Å². The van der Waals surface area contributed by atoms with Gasteiger partial charge in [-0.05, 0) is 41.4 Å². The first-order chi connectivity index (χ1) is 7.25. The fraction of sp³-hybridized carbons (Fsp3) is 0.500. The molecule has 0 aliphatic carbocycles. The molecule has 0 radical (unpaired) electrons. The smallest absolute Gasteiger partial charge is 0.228 e. The van der Waals surface area contributed by atoms with E-state index >= 15 is 0 Å². The van der Waals surface area contributed by atoms with Gasteiger partial charge in [0.25, 0.3) is 0 Å². The van der Waals surface area contributed by atoms with Crippen LogP contribution in [0, 0.1) is 0 Å². The van der Waals surface area contributed by atoms with Crippen molar-refractivity contribution >= 4 is 27.5 Å². The summed E-state index contributed by atoms with van der Waals surface area (Å²) in [4.78, 5) is 4.11. The van der Waals surface area contributed by atoms with Crippen LogP contribution in [-0.4, -0.2) is 24.2 Å². The molecule has 15 heavy (non-hydrogen) atoms. The van der Waals surface area contributed by atoms with Crippen molar-refractivity contribution in [1.82, 2.24) is 10.3 Å². The summed E-state index contributed by atoms with van der Waals surface area (Å²) in [6.07, 6.45) is 3.98. The van der Waals surface area contributed by atoms with Crippen LogP contribution in [0.25, 0.3) is 0 Å². The lowest BCUT2D eigenvalue weighted by atomic mass is 10.2. The number of hydrogen-bond donors (Lipinski definition) is 1. The van der Waals surface area contributed by atoms with Crippen LogP contribution in [0.1, 0.15) is 12.8 Å². The van der Waals surface area contributed by atoms with E-state index in [1.165, 1.54) is 12.8 Å². The Balaban J connectivity index is 1.92. The van der Waals surface area contributed by atoms with Gasteiger partial charge in [-0.15, -0.1) is 0 Å². The van der Waals surface area contributed by atoms with E-state index < -0.39 is 0 Å². The fourth-order valence-electron chi connectivity index (χ4n) is 1.59. The molecule has 1 aliphatic heterocycles. The van der Waals surface area contributed by atoms with Crippen LogP contribution in [0.15, 0.2) is 16.7 Å². The van der Waals surface area contributed by atoms with Crippen LogP contribution < -0.4 is 10.1 Å². The van der Waals surface area contributed by atoms with E-state index in [0.717, 1.165) is 11.0 Å². The SMILES string of the molecule is Clc1cnc(OCC2CCCN2)c(Br)c1. The second-order valence-electron chi connectivity index (χ2n) is 3.54. The molecule has 1 N–H and O–H groups in total. The van der Waals surface area contributed by atoms with Crippen LogP contribution in [0.5, 0.6) is 5.88 Å². The highest BCUT2D eigenvalue weighted by molar-refractivity contribution is 9.10. The van der Waals surface area contributed by atoms with Crippen molar-refractivity contribution in [1.29, 1.82) is 0 Å². The number of ether oxygens (including phenoxy) is 1. The van der Waals surface area contributed by atoms with Crippen molar-refractivity contribution < 1.29 is 4.74 Å². The van der Waals surface area contributed by atoms with Crippen molar-refractivity contribution in [2.24, 2.45) is 0 Å². The Kier molecular flexibility index (Phi) is 3.83. The molecule has 0 bridgehead atoms. The summed E-state index contributed by atoms with van der Waals surface area (Å²) in [6.45, 7) is 1.75. The second-order valence-corrected chi connectivity index (χ2v) is 4.84. The van der Waals surface area contributed by atoms with Crippen LogP contribution in [0.4, 0.5) is 0 Å².